The van der Waals surface area contributed by atoms with Crippen molar-refractivity contribution in [2.24, 2.45) is 5.73 Å². The predicted octanol–water partition coefficient (Wildman–Crippen LogP) is 1.72. The number of esters is 1. The van der Waals surface area contributed by atoms with Crippen molar-refractivity contribution in [2.45, 2.75) is 39.2 Å². The van der Waals surface area contributed by atoms with Crippen LogP contribution in [-0.2, 0) is 22.4 Å². The molecule has 0 saturated carbocycles. The summed E-state index contributed by atoms with van der Waals surface area (Å²) < 4.78 is 5.05. The summed E-state index contributed by atoms with van der Waals surface area (Å²) in [4.78, 5) is 14.4. The molecule has 2 rings (SSSR count). The Morgan fingerprint density at radius 3 is 2.31 bits per heavy atom. The lowest BCUT2D eigenvalue weighted by Gasteiger charge is -2.21. The second-order valence-electron chi connectivity index (χ2n) is 4.40. The highest BCUT2D eigenvalue weighted by molar-refractivity contribution is 7.12. The Labute approximate surface area is 99.6 Å². The summed E-state index contributed by atoms with van der Waals surface area (Å²) in [7, 11) is 0. The van der Waals surface area contributed by atoms with E-state index in [1.54, 1.807) is 11.3 Å². The van der Waals surface area contributed by atoms with Gasteiger partial charge < -0.3 is 10.5 Å². The molecular weight excluding hydrogens is 222 g/mol. The molecule has 0 spiro atoms. The fourth-order valence-electron chi connectivity index (χ4n) is 2.35. The Hall–Kier alpha value is -0.870. The highest BCUT2D eigenvalue weighted by atomic mass is 32.1. The predicted molar refractivity (Wildman–Crippen MR) is 64.8 cm³/mol. The van der Waals surface area contributed by atoms with Crippen LogP contribution in [-0.4, -0.2) is 18.1 Å². The molecule has 1 aliphatic carbocycles. The van der Waals surface area contributed by atoms with Crippen LogP contribution in [0.5, 0.6) is 0 Å². The van der Waals surface area contributed by atoms with Crippen LogP contribution in [0, 0.1) is 13.8 Å². The van der Waals surface area contributed by atoms with Gasteiger partial charge in [-0.3, -0.25) is 4.79 Å². The maximum absolute atomic E-state index is 11.8. The van der Waals surface area contributed by atoms with Crippen LogP contribution in [0.15, 0.2) is 0 Å². The molecule has 0 saturated heterocycles. The van der Waals surface area contributed by atoms with Gasteiger partial charge in [-0.25, -0.2) is 0 Å². The van der Waals surface area contributed by atoms with Gasteiger partial charge in [-0.05, 0) is 31.9 Å². The molecule has 0 bridgehead atoms. The molecule has 0 aromatic carbocycles. The number of hydrogen-bond donors (Lipinski definition) is 1. The molecule has 2 N–H and O–H groups in total. The monoisotopic (exact) mass is 239 g/mol. The van der Waals surface area contributed by atoms with Crippen molar-refractivity contribution < 1.29 is 9.53 Å². The summed E-state index contributed by atoms with van der Waals surface area (Å²) in [5, 5.41) is 0. The zero-order valence-electron chi connectivity index (χ0n) is 9.92. The van der Waals surface area contributed by atoms with Crippen molar-refractivity contribution in [3.8, 4) is 0 Å². The van der Waals surface area contributed by atoms with Crippen molar-refractivity contribution in [1.82, 2.24) is 0 Å². The van der Waals surface area contributed by atoms with E-state index in [2.05, 4.69) is 13.8 Å². The van der Waals surface area contributed by atoms with Gasteiger partial charge in [0, 0.05) is 22.6 Å². The minimum absolute atomic E-state index is 0.269. The van der Waals surface area contributed by atoms with E-state index in [4.69, 9.17) is 10.5 Å². The van der Waals surface area contributed by atoms with Crippen LogP contribution in [0.3, 0.4) is 0 Å². The van der Waals surface area contributed by atoms with Gasteiger partial charge in [0.1, 0.15) is 5.54 Å². The first kappa shape index (κ1) is 11.6. The molecule has 4 heteroatoms. The van der Waals surface area contributed by atoms with Crippen molar-refractivity contribution >= 4 is 17.3 Å². The molecular formula is C12H17NO2S. The van der Waals surface area contributed by atoms with Gasteiger partial charge in [-0.2, -0.15) is 0 Å². The van der Waals surface area contributed by atoms with Crippen LogP contribution in [0.1, 0.15) is 27.8 Å². The fourth-order valence-corrected chi connectivity index (χ4v) is 3.45. The first-order valence-electron chi connectivity index (χ1n) is 5.52. The molecule has 0 unspecified atom stereocenters. The lowest BCUT2D eigenvalue weighted by atomic mass is 9.97. The summed E-state index contributed by atoms with van der Waals surface area (Å²) in [6, 6.07) is 0. The number of thiophene rings is 1. The van der Waals surface area contributed by atoms with Crippen LogP contribution in [0.25, 0.3) is 0 Å². The summed E-state index contributed by atoms with van der Waals surface area (Å²) in [5.74, 6) is -0.269. The number of carbonyl (C=O) groups excluding carboxylic acids is 1. The quantitative estimate of drug-likeness (QED) is 0.800. The third-order valence-electron chi connectivity index (χ3n) is 3.19. The van der Waals surface area contributed by atoms with Crippen LogP contribution >= 0.6 is 11.3 Å². The first-order valence-corrected chi connectivity index (χ1v) is 6.33. The molecule has 3 nitrogen and oxygen atoms in total. The maximum Gasteiger partial charge on any atom is 0.326 e. The smallest absolute Gasteiger partial charge is 0.326 e. The summed E-state index contributed by atoms with van der Waals surface area (Å²) in [5.41, 5.74) is 7.85. The normalized spacial score (nSPS) is 17.2. The van der Waals surface area contributed by atoms with Crippen LogP contribution in [0.2, 0.25) is 0 Å². The van der Waals surface area contributed by atoms with E-state index in [9.17, 15) is 4.79 Å². The van der Waals surface area contributed by atoms with E-state index in [1.165, 1.54) is 20.9 Å². The Morgan fingerprint density at radius 2 is 1.88 bits per heavy atom. The summed E-state index contributed by atoms with van der Waals surface area (Å²) in [6.07, 6.45) is 1.24. The number of carbonyl (C=O) groups is 1. The van der Waals surface area contributed by atoms with Gasteiger partial charge in [-0.1, -0.05) is 0 Å². The number of fused-ring (bicyclic) bond motifs is 1. The third kappa shape index (κ3) is 1.66. The third-order valence-corrected chi connectivity index (χ3v) is 4.29. The largest absolute Gasteiger partial charge is 0.465 e. The van der Waals surface area contributed by atoms with Crippen LogP contribution < -0.4 is 5.73 Å². The molecule has 0 radical (unpaired) electrons. The molecule has 1 aromatic rings. The topological polar surface area (TPSA) is 52.3 Å². The lowest BCUT2D eigenvalue weighted by Crippen LogP contribution is -2.50. The summed E-state index contributed by atoms with van der Waals surface area (Å²) >= 11 is 1.79. The molecule has 0 aliphatic heterocycles. The second kappa shape index (κ2) is 3.86. The van der Waals surface area contributed by atoms with Gasteiger partial charge >= 0.3 is 5.97 Å². The second-order valence-corrected chi connectivity index (χ2v) is 5.83. The molecule has 1 heterocycles. The van der Waals surface area contributed by atoms with E-state index in [1.807, 2.05) is 6.92 Å². The Kier molecular flexibility index (Phi) is 2.80. The number of hydrogen-bond acceptors (Lipinski definition) is 4. The van der Waals surface area contributed by atoms with E-state index in [0.29, 0.717) is 19.4 Å². The highest BCUT2D eigenvalue weighted by Gasteiger charge is 2.43. The average Bonchev–Trinajstić information content (AvgIpc) is 2.68. The fraction of sp³-hybridized carbons (Fsp3) is 0.583. The number of ether oxygens (including phenoxy) is 1. The Balaban J connectivity index is 2.27. The van der Waals surface area contributed by atoms with Crippen molar-refractivity contribution in [3.05, 3.63) is 20.9 Å². The van der Waals surface area contributed by atoms with Gasteiger partial charge in [0.25, 0.3) is 0 Å². The van der Waals surface area contributed by atoms with Gasteiger partial charge in [0.15, 0.2) is 0 Å². The Morgan fingerprint density at radius 1 is 1.38 bits per heavy atom. The molecule has 1 aliphatic rings. The van der Waals surface area contributed by atoms with Gasteiger partial charge in [-0.15, -0.1) is 11.3 Å². The zero-order valence-corrected chi connectivity index (χ0v) is 10.7. The molecule has 1 aromatic heterocycles. The van der Waals surface area contributed by atoms with E-state index < -0.39 is 5.54 Å². The molecule has 88 valence electrons. The van der Waals surface area contributed by atoms with Gasteiger partial charge in [0.05, 0.1) is 6.61 Å². The SMILES string of the molecule is CCOC(=O)C1(N)Cc2c(C)sc(C)c2C1. The first-order chi connectivity index (χ1) is 7.48. The molecule has 0 fully saturated rings. The van der Waals surface area contributed by atoms with Crippen molar-refractivity contribution in [3.63, 3.8) is 0 Å². The molecule has 0 amide bonds. The standard InChI is InChI=1S/C12H17NO2S/c1-4-15-11(14)12(13)5-9-7(2)16-8(3)10(9)6-12/h4-6,13H2,1-3H3. The summed E-state index contributed by atoms with van der Waals surface area (Å²) in [6.45, 7) is 6.38. The van der Waals surface area contributed by atoms with Gasteiger partial charge in [0.2, 0.25) is 0 Å². The van der Waals surface area contributed by atoms with E-state index >= 15 is 0 Å². The van der Waals surface area contributed by atoms with E-state index in [0.717, 1.165) is 0 Å². The minimum Gasteiger partial charge on any atom is -0.465 e. The number of aryl methyl sites for hydroxylation is 2. The van der Waals surface area contributed by atoms with Crippen molar-refractivity contribution in [1.29, 1.82) is 0 Å². The molecule has 0 atom stereocenters. The van der Waals surface area contributed by atoms with Crippen molar-refractivity contribution in [2.75, 3.05) is 6.61 Å². The molecule has 16 heavy (non-hydrogen) atoms. The minimum atomic E-state index is -0.829. The lowest BCUT2D eigenvalue weighted by molar-refractivity contribution is -0.149. The number of nitrogens with two attached hydrogens (primary N) is 1. The maximum atomic E-state index is 11.8. The zero-order chi connectivity index (χ0) is 11.9. The Bertz CT molecular complexity index is 410. The van der Waals surface area contributed by atoms with Crippen LogP contribution in [0.4, 0.5) is 0 Å². The number of rotatable bonds is 2. The average molecular weight is 239 g/mol. The highest BCUT2D eigenvalue weighted by Crippen LogP contribution is 2.38. The van der Waals surface area contributed by atoms with E-state index in [-0.39, 0.29) is 5.97 Å².